The van der Waals surface area contributed by atoms with Crippen molar-refractivity contribution in [2.45, 2.75) is 43.8 Å². The predicted octanol–water partition coefficient (Wildman–Crippen LogP) is 0.128. The molecule has 108 valence electrons. The van der Waals surface area contributed by atoms with Crippen molar-refractivity contribution in [1.29, 1.82) is 0 Å². The summed E-state index contributed by atoms with van der Waals surface area (Å²) in [6.07, 6.45) is 4.64. The lowest BCUT2D eigenvalue weighted by atomic mass is 9.71. The minimum Gasteiger partial charge on any atom is -0.389 e. The molecule has 1 aliphatic carbocycles. The molecule has 2 heterocycles. The number of morpholine rings is 1. The topological polar surface area (TPSA) is 61.8 Å². The van der Waals surface area contributed by atoms with Gasteiger partial charge in [-0.25, -0.2) is 0 Å². The van der Waals surface area contributed by atoms with Crippen molar-refractivity contribution in [3.8, 4) is 0 Å². The van der Waals surface area contributed by atoms with E-state index in [9.17, 15) is 9.90 Å². The summed E-state index contributed by atoms with van der Waals surface area (Å²) in [5.74, 6) is 0.357. The van der Waals surface area contributed by atoms with Crippen LogP contribution >= 0.6 is 0 Å². The van der Waals surface area contributed by atoms with E-state index in [0.717, 1.165) is 32.2 Å². The summed E-state index contributed by atoms with van der Waals surface area (Å²) in [6, 6.07) is 0. The molecule has 2 aliphatic heterocycles. The molecule has 3 rings (SSSR count). The molecule has 0 spiro atoms. The van der Waals surface area contributed by atoms with E-state index in [2.05, 4.69) is 5.32 Å². The number of ether oxygens (including phenoxy) is 1. The van der Waals surface area contributed by atoms with Crippen LogP contribution in [0.4, 0.5) is 0 Å². The van der Waals surface area contributed by atoms with E-state index in [4.69, 9.17) is 4.74 Å². The number of aliphatic hydroxyl groups is 1. The molecule has 5 heteroatoms. The van der Waals surface area contributed by atoms with Crippen LogP contribution in [-0.2, 0) is 9.53 Å². The van der Waals surface area contributed by atoms with Gasteiger partial charge in [-0.15, -0.1) is 0 Å². The normalized spacial score (nSPS) is 39.7. The second-order valence-corrected chi connectivity index (χ2v) is 6.14. The zero-order chi connectivity index (χ0) is 13.3. The van der Waals surface area contributed by atoms with Crippen LogP contribution in [0.15, 0.2) is 0 Å². The molecule has 0 radical (unpaired) electrons. The molecule has 19 heavy (non-hydrogen) atoms. The monoisotopic (exact) mass is 268 g/mol. The number of hydrogen-bond donors (Lipinski definition) is 2. The third-order valence-electron chi connectivity index (χ3n) is 4.94. The largest absolute Gasteiger partial charge is 0.389 e. The van der Waals surface area contributed by atoms with Crippen molar-refractivity contribution < 1.29 is 14.6 Å². The molecule has 0 aromatic carbocycles. The van der Waals surface area contributed by atoms with Crippen molar-refractivity contribution in [1.82, 2.24) is 10.2 Å². The molecular formula is C14H24N2O3. The highest BCUT2D eigenvalue weighted by Crippen LogP contribution is 2.39. The maximum Gasteiger partial charge on any atom is 0.253 e. The van der Waals surface area contributed by atoms with Gasteiger partial charge in [0.05, 0.1) is 12.2 Å². The standard InChI is InChI=1S/C14H24N2O3/c17-13(12-9-15-6-8-19-12)16-7-5-14(18)4-2-1-3-11(14)10-16/h11-12,15,18H,1-10H2. The van der Waals surface area contributed by atoms with Crippen molar-refractivity contribution in [3.63, 3.8) is 0 Å². The van der Waals surface area contributed by atoms with E-state index in [0.29, 0.717) is 26.2 Å². The van der Waals surface area contributed by atoms with Gasteiger partial charge in [-0.05, 0) is 19.3 Å². The maximum atomic E-state index is 12.4. The summed E-state index contributed by atoms with van der Waals surface area (Å²) in [6.45, 7) is 3.43. The fourth-order valence-electron chi connectivity index (χ4n) is 3.70. The lowest BCUT2D eigenvalue weighted by Crippen LogP contribution is -2.58. The summed E-state index contributed by atoms with van der Waals surface area (Å²) in [4.78, 5) is 14.3. The predicted molar refractivity (Wildman–Crippen MR) is 70.7 cm³/mol. The summed E-state index contributed by atoms with van der Waals surface area (Å²) < 4.78 is 5.54. The Balaban J connectivity index is 1.62. The number of nitrogens with zero attached hydrogens (tertiary/aromatic N) is 1. The van der Waals surface area contributed by atoms with Gasteiger partial charge >= 0.3 is 0 Å². The van der Waals surface area contributed by atoms with Crippen LogP contribution in [0.3, 0.4) is 0 Å². The summed E-state index contributed by atoms with van der Waals surface area (Å²) in [5.41, 5.74) is -0.513. The second-order valence-electron chi connectivity index (χ2n) is 6.14. The molecule has 3 atom stereocenters. The first-order valence-corrected chi connectivity index (χ1v) is 7.52. The van der Waals surface area contributed by atoms with E-state index in [1.165, 1.54) is 6.42 Å². The minimum absolute atomic E-state index is 0.0971. The number of likely N-dealkylation sites (tertiary alicyclic amines) is 1. The van der Waals surface area contributed by atoms with Crippen LogP contribution in [-0.4, -0.2) is 60.4 Å². The average Bonchev–Trinajstić information content (AvgIpc) is 2.46. The lowest BCUT2D eigenvalue weighted by Gasteiger charge is -2.48. The fraction of sp³-hybridized carbons (Fsp3) is 0.929. The zero-order valence-electron chi connectivity index (χ0n) is 11.4. The third-order valence-corrected chi connectivity index (χ3v) is 4.94. The Kier molecular flexibility index (Phi) is 3.78. The van der Waals surface area contributed by atoms with Crippen LogP contribution in [0, 0.1) is 5.92 Å². The number of nitrogens with one attached hydrogen (secondary N) is 1. The molecule has 2 N–H and O–H groups in total. The van der Waals surface area contributed by atoms with Gasteiger partial charge < -0.3 is 20.1 Å². The summed E-state index contributed by atoms with van der Waals surface area (Å²) in [7, 11) is 0. The van der Waals surface area contributed by atoms with Crippen molar-refractivity contribution >= 4 is 5.91 Å². The van der Waals surface area contributed by atoms with Gasteiger partial charge in [0.25, 0.3) is 5.91 Å². The molecule has 3 unspecified atom stereocenters. The van der Waals surface area contributed by atoms with Gasteiger partial charge in [0, 0.05) is 32.1 Å². The maximum absolute atomic E-state index is 12.4. The molecule has 2 saturated heterocycles. The van der Waals surface area contributed by atoms with Gasteiger partial charge in [0.1, 0.15) is 6.10 Å². The van der Waals surface area contributed by atoms with E-state index in [1.807, 2.05) is 4.90 Å². The molecule has 0 aromatic heterocycles. The molecular weight excluding hydrogens is 244 g/mol. The summed E-state index contributed by atoms with van der Waals surface area (Å²) >= 11 is 0. The molecule has 0 aromatic rings. The SMILES string of the molecule is O=C(C1CNCCO1)N1CCC2(O)CCCCC2C1. The Bertz CT molecular complexity index is 344. The van der Waals surface area contributed by atoms with Crippen LogP contribution < -0.4 is 5.32 Å². The third kappa shape index (κ3) is 2.64. The first kappa shape index (κ1) is 13.3. The van der Waals surface area contributed by atoms with Gasteiger partial charge in [-0.1, -0.05) is 12.8 Å². The molecule has 5 nitrogen and oxygen atoms in total. The Morgan fingerprint density at radius 2 is 2.26 bits per heavy atom. The average molecular weight is 268 g/mol. The Morgan fingerprint density at radius 1 is 1.37 bits per heavy atom. The van der Waals surface area contributed by atoms with E-state index in [-0.39, 0.29) is 17.9 Å². The Labute approximate surface area is 114 Å². The van der Waals surface area contributed by atoms with Gasteiger partial charge in [0.2, 0.25) is 0 Å². The van der Waals surface area contributed by atoms with Crippen molar-refractivity contribution in [2.75, 3.05) is 32.8 Å². The lowest BCUT2D eigenvalue weighted by molar-refractivity contribution is -0.156. The molecule has 0 bridgehead atoms. The van der Waals surface area contributed by atoms with Crippen LogP contribution in [0.5, 0.6) is 0 Å². The Morgan fingerprint density at radius 3 is 3.05 bits per heavy atom. The number of rotatable bonds is 1. The van der Waals surface area contributed by atoms with E-state index in [1.54, 1.807) is 0 Å². The molecule has 3 fully saturated rings. The van der Waals surface area contributed by atoms with Crippen molar-refractivity contribution in [2.24, 2.45) is 5.92 Å². The first-order valence-electron chi connectivity index (χ1n) is 7.52. The highest BCUT2D eigenvalue weighted by atomic mass is 16.5. The second kappa shape index (κ2) is 5.38. The molecule has 1 saturated carbocycles. The van der Waals surface area contributed by atoms with Gasteiger partial charge in [-0.2, -0.15) is 0 Å². The fourth-order valence-corrected chi connectivity index (χ4v) is 3.70. The molecule has 1 amide bonds. The molecule has 3 aliphatic rings. The van der Waals surface area contributed by atoms with E-state index < -0.39 is 5.60 Å². The van der Waals surface area contributed by atoms with Gasteiger partial charge in [-0.3, -0.25) is 4.79 Å². The number of carbonyl (C=O) groups excluding carboxylic acids is 1. The Hall–Kier alpha value is -0.650. The summed E-state index contributed by atoms with van der Waals surface area (Å²) in [5, 5.41) is 13.8. The van der Waals surface area contributed by atoms with Crippen LogP contribution in [0.1, 0.15) is 32.1 Å². The van der Waals surface area contributed by atoms with E-state index >= 15 is 0 Å². The quantitative estimate of drug-likeness (QED) is 0.709. The number of hydrogen-bond acceptors (Lipinski definition) is 4. The highest BCUT2D eigenvalue weighted by molar-refractivity contribution is 5.81. The number of fused-ring (bicyclic) bond motifs is 1. The number of carbonyl (C=O) groups is 1. The van der Waals surface area contributed by atoms with Crippen molar-refractivity contribution in [3.05, 3.63) is 0 Å². The highest BCUT2D eigenvalue weighted by Gasteiger charge is 2.44. The first-order chi connectivity index (χ1) is 9.19. The minimum atomic E-state index is -0.513. The smallest absolute Gasteiger partial charge is 0.253 e. The zero-order valence-corrected chi connectivity index (χ0v) is 11.4. The van der Waals surface area contributed by atoms with Crippen LogP contribution in [0.25, 0.3) is 0 Å². The number of piperidine rings is 1. The van der Waals surface area contributed by atoms with Crippen LogP contribution in [0.2, 0.25) is 0 Å². The number of amides is 1. The van der Waals surface area contributed by atoms with Gasteiger partial charge in [0.15, 0.2) is 0 Å².